The van der Waals surface area contributed by atoms with Crippen LogP contribution in [0.25, 0.3) is 0 Å². The number of aromatic nitrogens is 5. The summed E-state index contributed by atoms with van der Waals surface area (Å²) in [5.41, 5.74) is 0.315. The van der Waals surface area contributed by atoms with E-state index in [1.165, 1.54) is 11.0 Å². The van der Waals surface area contributed by atoms with Crippen LogP contribution in [0.15, 0.2) is 16.9 Å². The summed E-state index contributed by atoms with van der Waals surface area (Å²) in [6, 6.07) is 1.77. The van der Waals surface area contributed by atoms with Crippen LogP contribution in [0.1, 0.15) is 61.7 Å². The van der Waals surface area contributed by atoms with Gasteiger partial charge in [0.05, 0.1) is 0 Å². The van der Waals surface area contributed by atoms with Crippen LogP contribution >= 0.6 is 0 Å². The second-order valence-electron chi connectivity index (χ2n) is 7.28. The van der Waals surface area contributed by atoms with E-state index in [-0.39, 0.29) is 30.3 Å². The third-order valence-corrected chi connectivity index (χ3v) is 4.73. The highest BCUT2D eigenvalue weighted by Crippen LogP contribution is 2.24. The number of rotatable bonds is 7. The lowest BCUT2D eigenvalue weighted by atomic mass is 9.85. The molecule has 0 aliphatic heterocycles. The Morgan fingerprint density at radius 3 is 2.93 bits per heavy atom. The van der Waals surface area contributed by atoms with Crippen molar-refractivity contribution in [2.75, 3.05) is 6.54 Å². The molecule has 2 amide bonds. The Labute approximate surface area is 157 Å². The van der Waals surface area contributed by atoms with Crippen molar-refractivity contribution in [3.63, 3.8) is 0 Å². The molecule has 2 heterocycles. The Morgan fingerprint density at radius 1 is 1.37 bits per heavy atom. The average Bonchev–Trinajstić information content (AvgIpc) is 3.32. The number of hydrogen-bond donors (Lipinski definition) is 2. The molecule has 0 saturated heterocycles. The lowest BCUT2D eigenvalue weighted by molar-refractivity contribution is -0.122. The average molecular weight is 375 g/mol. The first-order valence-corrected chi connectivity index (χ1v) is 9.26. The number of carbonyl (C=O) groups excluding carboxylic acids is 2. The van der Waals surface area contributed by atoms with Crippen LogP contribution in [-0.2, 0) is 11.3 Å². The number of nitrogens with one attached hydrogen (secondary N) is 2. The fourth-order valence-corrected chi connectivity index (χ4v) is 3.25. The Kier molecular flexibility index (Phi) is 6.15. The maximum atomic E-state index is 12.4. The van der Waals surface area contributed by atoms with E-state index in [1.807, 2.05) is 13.8 Å². The summed E-state index contributed by atoms with van der Waals surface area (Å²) < 4.78 is 6.57. The zero-order valence-electron chi connectivity index (χ0n) is 15.6. The highest BCUT2D eigenvalue weighted by atomic mass is 16.5. The molecule has 2 atom stereocenters. The molecule has 146 valence electrons. The van der Waals surface area contributed by atoms with Gasteiger partial charge in [-0.25, -0.2) is 4.68 Å². The van der Waals surface area contributed by atoms with E-state index < -0.39 is 0 Å². The van der Waals surface area contributed by atoms with Gasteiger partial charge in [0, 0.05) is 24.6 Å². The molecule has 10 heteroatoms. The summed E-state index contributed by atoms with van der Waals surface area (Å²) in [6.45, 7) is 4.65. The number of tetrazole rings is 1. The summed E-state index contributed by atoms with van der Waals surface area (Å²) in [4.78, 5) is 24.3. The van der Waals surface area contributed by atoms with E-state index in [0.29, 0.717) is 23.9 Å². The SMILES string of the molecule is CC(C)c1cc(C(=O)N[C@H]2CCC[C@@H](CNC(=O)Cn3cnnn3)C2)no1. The predicted molar refractivity (Wildman–Crippen MR) is 94.6 cm³/mol. The van der Waals surface area contributed by atoms with Gasteiger partial charge in [-0.05, 0) is 35.6 Å². The van der Waals surface area contributed by atoms with Gasteiger partial charge in [0.25, 0.3) is 5.91 Å². The first-order valence-electron chi connectivity index (χ1n) is 9.26. The maximum absolute atomic E-state index is 12.4. The van der Waals surface area contributed by atoms with E-state index >= 15 is 0 Å². The Hall–Kier alpha value is -2.78. The van der Waals surface area contributed by atoms with Crippen molar-refractivity contribution in [3.8, 4) is 0 Å². The van der Waals surface area contributed by atoms with Crippen LogP contribution in [0.4, 0.5) is 0 Å². The molecule has 1 saturated carbocycles. The molecular weight excluding hydrogens is 350 g/mol. The molecule has 27 heavy (non-hydrogen) atoms. The van der Waals surface area contributed by atoms with Crippen molar-refractivity contribution in [2.45, 2.75) is 58.0 Å². The van der Waals surface area contributed by atoms with Crippen molar-refractivity contribution >= 4 is 11.8 Å². The van der Waals surface area contributed by atoms with Crippen molar-refractivity contribution in [1.82, 2.24) is 36.0 Å². The molecule has 1 fully saturated rings. The smallest absolute Gasteiger partial charge is 0.273 e. The van der Waals surface area contributed by atoms with Crippen LogP contribution in [0.5, 0.6) is 0 Å². The van der Waals surface area contributed by atoms with Crippen molar-refractivity contribution in [2.24, 2.45) is 5.92 Å². The summed E-state index contributed by atoms with van der Waals surface area (Å²) >= 11 is 0. The number of carbonyl (C=O) groups is 2. The lowest BCUT2D eigenvalue weighted by Crippen LogP contribution is -2.41. The molecule has 0 bridgehead atoms. The highest BCUT2D eigenvalue weighted by Gasteiger charge is 2.25. The van der Waals surface area contributed by atoms with E-state index in [2.05, 4.69) is 31.3 Å². The van der Waals surface area contributed by atoms with E-state index in [0.717, 1.165) is 25.7 Å². The minimum atomic E-state index is -0.209. The van der Waals surface area contributed by atoms with Gasteiger partial charge in [0.2, 0.25) is 5.91 Å². The van der Waals surface area contributed by atoms with Gasteiger partial charge in [-0.2, -0.15) is 0 Å². The first-order chi connectivity index (χ1) is 13.0. The topological polar surface area (TPSA) is 128 Å². The first kappa shape index (κ1) is 19.0. The monoisotopic (exact) mass is 375 g/mol. The second kappa shape index (κ2) is 8.74. The molecule has 0 radical (unpaired) electrons. The van der Waals surface area contributed by atoms with E-state index in [9.17, 15) is 9.59 Å². The third kappa shape index (κ3) is 5.35. The second-order valence-corrected chi connectivity index (χ2v) is 7.28. The molecule has 2 N–H and O–H groups in total. The fourth-order valence-electron chi connectivity index (χ4n) is 3.25. The van der Waals surface area contributed by atoms with Gasteiger partial charge in [-0.15, -0.1) is 5.10 Å². The van der Waals surface area contributed by atoms with Gasteiger partial charge in [0.1, 0.15) is 18.6 Å². The predicted octanol–water partition coefficient (Wildman–Crippen LogP) is 0.889. The highest BCUT2D eigenvalue weighted by molar-refractivity contribution is 5.92. The summed E-state index contributed by atoms with van der Waals surface area (Å²) in [7, 11) is 0. The van der Waals surface area contributed by atoms with E-state index in [1.54, 1.807) is 6.07 Å². The van der Waals surface area contributed by atoms with Gasteiger partial charge in [-0.3, -0.25) is 9.59 Å². The van der Waals surface area contributed by atoms with Crippen LogP contribution in [0.3, 0.4) is 0 Å². The maximum Gasteiger partial charge on any atom is 0.273 e. The molecule has 1 aliphatic rings. The summed E-state index contributed by atoms with van der Waals surface area (Å²) in [5, 5.41) is 20.5. The van der Waals surface area contributed by atoms with Crippen LogP contribution in [0, 0.1) is 5.92 Å². The van der Waals surface area contributed by atoms with Crippen LogP contribution < -0.4 is 10.6 Å². The molecule has 3 rings (SSSR count). The van der Waals surface area contributed by atoms with Crippen LogP contribution in [-0.4, -0.2) is 49.8 Å². The van der Waals surface area contributed by atoms with E-state index in [4.69, 9.17) is 4.52 Å². The summed E-state index contributed by atoms with van der Waals surface area (Å²) in [6.07, 6.45) is 5.19. The molecule has 1 aliphatic carbocycles. The van der Waals surface area contributed by atoms with Gasteiger partial charge in [0.15, 0.2) is 5.69 Å². The van der Waals surface area contributed by atoms with Gasteiger partial charge < -0.3 is 15.2 Å². The van der Waals surface area contributed by atoms with Crippen LogP contribution in [0.2, 0.25) is 0 Å². The van der Waals surface area contributed by atoms with Crippen molar-refractivity contribution in [1.29, 1.82) is 0 Å². The Bertz CT molecular complexity index is 756. The molecule has 10 nitrogen and oxygen atoms in total. The minimum Gasteiger partial charge on any atom is -0.360 e. The van der Waals surface area contributed by atoms with Crippen molar-refractivity contribution < 1.29 is 14.1 Å². The normalized spacial score (nSPS) is 19.8. The molecule has 0 aromatic carbocycles. The number of amides is 2. The standard InChI is InChI=1S/C17H25N7O3/c1-11(2)15-7-14(21-27-15)17(26)20-13-5-3-4-12(6-13)8-18-16(25)9-24-10-19-22-23-24/h7,10-13H,3-6,8-9H2,1-2H3,(H,18,25)(H,20,26)/t12-,13+/m1/s1. The van der Waals surface area contributed by atoms with Gasteiger partial charge >= 0.3 is 0 Å². The Morgan fingerprint density at radius 2 is 2.22 bits per heavy atom. The third-order valence-electron chi connectivity index (χ3n) is 4.73. The van der Waals surface area contributed by atoms with Gasteiger partial charge in [-0.1, -0.05) is 25.4 Å². The Balaban J connectivity index is 1.44. The largest absolute Gasteiger partial charge is 0.360 e. The zero-order valence-corrected chi connectivity index (χ0v) is 15.6. The lowest BCUT2D eigenvalue weighted by Gasteiger charge is -2.29. The molecular formula is C17H25N7O3. The number of hydrogen-bond acceptors (Lipinski definition) is 7. The summed E-state index contributed by atoms with van der Waals surface area (Å²) in [5.74, 6) is 0.878. The van der Waals surface area contributed by atoms with Crippen molar-refractivity contribution in [3.05, 3.63) is 23.8 Å². The number of nitrogens with zero attached hydrogens (tertiary/aromatic N) is 5. The minimum absolute atomic E-state index is 0.0758. The molecule has 0 unspecified atom stereocenters. The molecule has 2 aromatic heterocycles. The fraction of sp³-hybridized carbons (Fsp3) is 0.647. The molecule has 0 spiro atoms. The quantitative estimate of drug-likeness (QED) is 0.735. The molecule has 2 aromatic rings. The zero-order chi connectivity index (χ0) is 19.2.